The number of halogens is 1. The summed E-state index contributed by atoms with van der Waals surface area (Å²) in [4.78, 5) is 0. The van der Waals surface area contributed by atoms with Gasteiger partial charge in [-0.3, -0.25) is 0 Å². The van der Waals surface area contributed by atoms with Gasteiger partial charge in [0.15, 0.2) is 0 Å². The van der Waals surface area contributed by atoms with Crippen LogP contribution in [0.2, 0.25) is 5.02 Å². The highest BCUT2D eigenvalue weighted by Gasteiger charge is 2.05. The number of hydrogen-bond donors (Lipinski definition) is 2. The Bertz CT molecular complexity index is 508. The third kappa shape index (κ3) is 3.60. The zero-order chi connectivity index (χ0) is 13.0. The largest absolute Gasteiger partial charge is 0.460 e. The third-order valence-corrected chi connectivity index (χ3v) is 2.74. The fraction of sp³-hybridized carbons (Fsp3) is 0.286. The molecule has 18 heavy (non-hydrogen) atoms. The molecule has 3 nitrogen and oxygen atoms in total. The molecule has 0 amide bonds. The van der Waals surface area contributed by atoms with Gasteiger partial charge in [-0.2, -0.15) is 0 Å². The molecule has 0 saturated heterocycles. The van der Waals surface area contributed by atoms with Gasteiger partial charge in [-0.25, -0.2) is 0 Å². The lowest BCUT2D eigenvalue weighted by molar-refractivity contribution is 0.190. The predicted molar refractivity (Wildman–Crippen MR) is 72.5 cm³/mol. The molecule has 0 saturated carbocycles. The molecule has 2 rings (SSSR count). The first kappa shape index (κ1) is 13.1. The van der Waals surface area contributed by atoms with Crippen LogP contribution < -0.4 is 5.32 Å². The van der Waals surface area contributed by atoms with E-state index < -0.39 is 0 Å². The first-order chi connectivity index (χ1) is 8.65. The standard InChI is InChI=1S/C14H16ClNO2/c1-10(17)8-16-9-13-5-6-14(18-13)11-3-2-4-12(15)7-11/h2-7,10,16-17H,8-9H2,1H3. The maximum absolute atomic E-state index is 9.14. The van der Waals surface area contributed by atoms with E-state index in [2.05, 4.69) is 5.32 Å². The van der Waals surface area contributed by atoms with Gasteiger partial charge in [0, 0.05) is 17.1 Å². The van der Waals surface area contributed by atoms with E-state index in [0.29, 0.717) is 18.1 Å². The van der Waals surface area contributed by atoms with Crippen molar-refractivity contribution in [3.8, 4) is 11.3 Å². The Hall–Kier alpha value is -1.29. The normalized spacial score (nSPS) is 12.6. The average molecular weight is 266 g/mol. The van der Waals surface area contributed by atoms with E-state index in [1.807, 2.05) is 36.4 Å². The monoisotopic (exact) mass is 265 g/mol. The number of benzene rings is 1. The SMILES string of the molecule is CC(O)CNCc1ccc(-c2cccc(Cl)c2)o1. The van der Waals surface area contributed by atoms with Crippen molar-refractivity contribution in [2.24, 2.45) is 0 Å². The van der Waals surface area contributed by atoms with E-state index in [4.69, 9.17) is 21.1 Å². The lowest BCUT2D eigenvalue weighted by Gasteiger charge is -2.04. The quantitative estimate of drug-likeness (QED) is 0.873. The molecule has 0 aliphatic heterocycles. The summed E-state index contributed by atoms with van der Waals surface area (Å²) < 4.78 is 5.70. The molecule has 0 aliphatic carbocycles. The molecule has 1 aromatic heterocycles. The minimum absolute atomic E-state index is 0.354. The first-order valence-corrected chi connectivity index (χ1v) is 6.26. The van der Waals surface area contributed by atoms with Crippen LogP contribution in [0.5, 0.6) is 0 Å². The van der Waals surface area contributed by atoms with E-state index in [1.165, 1.54) is 0 Å². The van der Waals surface area contributed by atoms with Crippen LogP contribution in [0, 0.1) is 0 Å². The number of nitrogens with one attached hydrogen (secondary N) is 1. The van der Waals surface area contributed by atoms with Crippen LogP contribution >= 0.6 is 11.6 Å². The molecular formula is C14H16ClNO2. The van der Waals surface area contributed by atoms with Crippen molar-refractivity contribution < 1.29 is 9.52 Å². The molecule has 96 valence electrons. The van der Waals surface area contributed by atoms with Crippen LogP contribution in [0.15, 0.2) is 40.8 Å². The van der Waals surface area contributed by atoms with Crippen molar-refractivity contribution in [2.75, 3.05) is 6.54 Å². The van der Waals surface area contributed by atoms with Gasteiger partial charge in [-0.1, -0.05) is 23.7 Å². The van der Waals surface area contributed by atoms with E-state index >= 15 is 0 Å². The predicted octanol–water partition coefficient (Wildman–Crippen LogP) is 3.07. The Morgan fingerprint density at radius 2 is 2.17 bits per heavy atom. The van der Waals surface area contributed by atoms with E-state index in [-0.39, 0.29) is 6.10 Å². The minimum atomic E-state index is -0.354. The Labute approximate surface area is 111 Å². The van der Waals surface area contributed by atoms with E-state index in [0.717, 1.165) is 17.1 Å². The second-order valence-corrected chi connectivity index (χ2v) is 4.69. The highest BCUT2D eigenvalue weighted by Crippen LogP contribution is 2.24. The van der Waals surface area contributed by atoms with Crippen molar-refractivity contribution in [3.63, 3.8) is 0 Å². The van der Waals surface area contributed by atoms with E-state index in [9.17, 15) is 0 Å². The van der Waals surface area contributed by atoms with Crippen LogP contribution in [0.4, 0.5) is 0 Å². The molecule has 1 aromatic carbocycles. The Morgan fingerprint density at radius 1 is 1.33 bits per heavy atom. The molecule has 1 heterocycles. The van der Waals surface area contributed by atoms with Gasteiger partial charge in [0.2, 0.25) is 0 Å². The highest BCUT2D eigenvalue weighted by molar-refractivity contribution is 6.30. The first-order valence-electron chi connectivity index (χ1n) is 5.88. The summed E-state index contributed by atoms with van der Waals surface area (Å²) in [6.07, 6.45) is -0.354. The molecule has 1 atom stereocenters. The molecule has 2 aromatic rings. The maximum Gasteiger partial charge on any atom is 0.134 e. The van der Waals surface area contributed by atoms with Crippen molar-refractivity contribution >= 4 is 11.6 Å². The van der Waals surface area contributed by atoms with Crippen LogP contribution in [-0.4, -0.2) is 17.8 Å². The Kier molecular flexibility index (Phi) is 4.42. The van der Waals surface area contributed by atoms with Crippen LogP contribution in [0.1, 0.15) is 12.7 Å². The summed E-state index contributed by atoms with van der Waals surface area (Å²) >= 11 is 5.94. The second kappa shape index (κ2) is 6.05. The molecule has 0 bridgehead atoms. The summed E-state index contributed by atoms with van der Waals surface area (Å²) in [6.45, 7) is 2.89. The number of aliphatic hydroxyl groups excluding tert-OH is 1. The molecular weight excluding hydrogens is 250 g/mol. The molecule has 1 unspecified atom stereocenters. The van der Waals surface area contributed by atoms with Gasteiger partial charge in [0.25, 0.3) is 0 Å². The lowest BCUT2D eigenvalue weighted by atomic mass is 10.2. The summed E-state index contributed by atoms with van der Waals surface area (Å²) in [5, 5.41) is 12.9. The molecule has 0 spiro atoms. The van der Waals surface area contributed by atoms with Crippen LogP contribution in [0.3, 0.4) is 0 Å². The van der Waals surface area contributed by atoms with Gasteiger partial charge in [-0.05, 0) is 31.2 Å². The smallest absolute Gasteiger partial charge is 0.134 e. The van der Waals surface area contributed by atoms with Crippen molar-refractivity contribution in [1.82, 2.24) is 5.32 Å². The number of hydrogen-bond acceptors (Lipinski definition) is 3. The maximum atomic E-state index is 9.14. The summed E-state index contributed by atoms with van der Waals surface area (Å²) in [7, 11) is 0. The van der Waals surface area contributed by atoms with Gasteiger partial charge in [-0.15, -0.1) is 0 Å². The van der Waals surface area contributed by atoms with E-state index in [1.54, 1.807) is 6.92 Å². The fourth-order valence-corrected chi connectivity index (χ4v) is 1.86. The van der Waals surface area contributed by atoms with Crippen molar-refractivity contribution in [1.29, 1.82) is 0 Å². The van der Waals surface area contributed by atoms with Crippen molar-refractivity contribution in [2.45, 2.75) is 19.6 Å². The van der Waals surface area contributed by atoms with Crippen LogP contribution in [0.25, 0.3) is 11.3 Å². The zero-order valence-electron chi connectivity index (χ0n) is 10.2. The third-order valence-electron chi connectivity index (χ3n) is 2.51. The molecule has 0 fully saturated rings. The van der Waals surface area contributed by atoms with Crippen LogP contribution in [-0.2, 0) is 6.54 Å². The zero-order valence-corrected chi connectivity index (χ0v) is 10.9. The Morgan fingerprint density at radius 3 is 2.89 bits per heavy atom. The highest BCUT2D eigenvalue weighted by atomic mass is 35.5. The topological polar surface area (TPSA) is 45.4 Å². The molecule has 0 radical (unpaired) electrons. The van der Waals surface area contributed by atoms with Gasteiger partial charge >= 0.3 is 0 Å². The minimum Gasteiger partial charge on any atom is -0.460 e. The van der Waals surface area contributed by atoms with Gasteiger partial charge in [0.05, 0.1) is 12.6 Å². The summed E-state index contributed by atoms with van der Waals surface area (Å²) in [6, 6.07) is 11.4. The molecule has 4 heteroatoms. The molecule has 2 N–H and O–H groups in total. The average Bonchev–Trinajstić information content (AvgIpc) is 2.77. The fourth-order valence-electron chi connectivity index (χ4n) is 1.67. The Balaban J connectivity index is 2.02. The number of furan rings is 1. The second-order valence-electron chi connectivity index (χ2n) is 4.26. The number of aliphatic hydroxyl groups is 1. The summed E-state index contributed by atoms with van der Waals surface area (Å²) in [5.41, 5.74) is 0.962. The van der Waals surface area contributed by atoms with Gasteiger partial charge in [0.1, 0.15) is 11.5 Å². The lowest BCUT2D eigenvalue weighted by Crippen LogP contribution is -2.23. The van der Waals surface area contributed by atoms with Gasteiger partial charge < -0.3 is 14.8 Å². The summed E-state index contributed by atoms with van der Waals surface area (Å²) in [5.74, 6) is 1.64. The number of rotatable bonds is 5. The van der Waals surface area contributed by atoms with Crippen molar-refractivity contribution in [3.05, 3.63) is 47.2 Å². The molecule has 0 aliphatic rings.